The Morgan fingerprint density at radius 1 is 1.39 bits per heavy atom. The fourth-order valence-corrected chi connectivity index (χ4v) is 2.45. The highest BCUT2D eigenvalue weighted by Crippen LogP contribution is 2.27. The van der Waals surface area contributed by atoms with E-state index in [-0.39, 0.29) is 0 Å². The summed E-state index contributed by atoms with van der Waals surface area (Å²) in [6, 6.07) is 7.96. The fraction of sp³-hybridized carbons (Fsp3) is 0.308. The van der Waals surface area contributed by atoms with Crippen LogP contribution in [0.3, 0.4) is 0 Å². The Morgan fingerprint density at radius 3 is 2.83 bits per heavy atom. The van der Waals surface area contributed by atoms with Crippen LogP contribution in [0.4, 0.5) is 5.69 Å². The van der Waals surface area contributed by atoms with Gasteiger partial charge in [0.15, 0.2) is 0 Å². The van der Waals surface area contributed by atoms with Crippen molar-refractivity contribution >= 4 is 17.0 Å². The molecule has 0 atom stereocenters. The SMILES string of the molecule is COc1ccccc1N(C)Cc1csc(CN)n1. The number of thiazole rings is 1. The molecule has 0 saturated heterocycles. The van der Waals surface area contributed by atoms with Gasteiger partial charge in [0, 0.05) is 19.0 Å². The molecule has 2 rings (SSSR count). The maximum absolute atomic E-state index is 5.57. The first-order valence-corrected chi connectivity index (χ1v) is 6.60. The Morgan fingerprint density at radius 2 is 2.17 bits per heavy atom. The average Bonchev–Trinajstić information content (AvgIpc) is 2.86. The molecular weight excluding hydrogens is 246 g/mol. The summed E-state index contributed by atoms with van der Waals surface area (Å²) < 4.78 is 5.35. The predicted octanol–water partition coefficient (Wildman–Crippen LogP) is 2.25. The largest absolute Gasteiger partial charge is 0.495 e. The second-order valence-electron chi connectivity index (χ2n) is 3.96. The van der Waals surface area contributed by atoms with E-state index in [1.165, 1.54) is 0 Å². The van der Waals surface area contributed by atoms with E-state index in [1.807, 2.05) is 36.7 Å². The summed E-state index contributed by atoms with van der Waals surface area (Å²) in [4.78, 5) is 6.58. The third-order valence-corrected chi connectivity index (χ3v) is 3.59. The lowest BCUT2D eigenvalue weighted by Crippen LogP contribution is -2.17. The Kier molecular flexibility index (Phi) is 4.17. The minimum atomic E-state index is 0.503. The van der Waals surface area contributed by atoms with E-state index in [4.69, 9.17) is 10.5 Å². The average molecular weight is 263 g/mol. The number of para-hydroxylation sites is 2. The van der Waals surface area contributed by atoms with Crippen LogP contribution in [0.25, 0.3) is 0 Å². The Balaban J connectivity index is 2.13. The van der Waals surface area contributed by atoms with Gasteiger partial charge in [-0.1, -0.05) is 12.1 Å². The zero-order valence-corrected chi connectivity index (χ0v) is 11.4. The molecule has 1 heterocycles. The first-order valence-electron chi connectivity index (χ1n) is 5.72. The number of methoxy groups -OCH3 is 1. The van der Waals surface area contributed by atoms with Crippen LogP contribution < -0.4 is 15.4 Å². The summed E-state index contributed by atoms with van der Waals surface area (Å²) in [5.74, 6) is 0.870. The molecule has 0 radical (unpaired) electrons. The number of hydrogen-bond acceptors (Lipinski definition) is 5. The normalized spacial score (nSPS) is 10.4. The molecule has 0 fully saturated rings. The number of nitrogens with zero attached hydrogens (tertiary/aromatic N) is 2. The molecular formula is C13H17N3OS. The van der Waals surface area contributed by atoms with Gasteiger partial charge in [0.05, 0.1) is 25.0 Å². The molecule has 0 bridgehead atoms. The van der Waals surface area contributed by atoms with Crippen molar-refractivity contribution in [2.75, 3.05) is 19.1 Å². The van der Waals surface area contributed by atoms with Gasteiger partial charge in [-0.2, -0.15) is 0 Å². The molecule has 0 aliphatic rings. The summed E-state index contributed by atoms with van der Waals surface area (Å²) >= 11 is 1.60. The Hall–Kier alpha value is -1.59. The summed E-state index contributed by atoms with van der Waals surface area (Å²) in [5.41, 5.74) is 7.66. The van der Waals surface area contributed by atoms with Gasteiger partial charge in [0.1, 0.15) is 10.8 Å². The quantitative estimate of drug-likeness (QED) is 0.899. The molecule has 4 nitrogen and oxygen atoms in total. The summed E-state index contributed by atoms with van der Waals surface area (Å²) in [5, 5.41) is 3.02. The maximum atomic E-state index is 5.57. The van der Waals surface area contributed by atoms with Crippen molar-refractivity contribution in [2.24, 2.45) is 5.73 Å². The third kappa shape index (κ3) is 2.80. The van der Waals surface area contributed by atoms with Crippen molar-refractivity contribution in [3.63, 3.8) is 0 Å². The van der Waals surface area contributed by atoms with Crippen molar-refractivity contribution in [1.82, 2.24) is 4.98 Å². The molecule has 0 aliphatic heterocycles. The number of nitrogens with two attached hydrogens (primary N) is 1. The zero-order valence-electron chi connectivity index (χ0n) is 10.6. The number of ether oxygens (including phenoxy) is 1. The zero-order chi connectivity index (χ0) is 13.0. The van der Waals surface area contributed by atoms with Gasteiger partial charge in [-0.25, -0.2) is 4.98 Å². The van der Waals surface area contributed by atoms with Gasteiger partial charge in [-0.3, -0.25) is 0 Å². The molecule has 0 unspecified atom stereocenters. The van der Waals surface area contributed by atoms with Crippen LogP contribution in [0.5, 0.6) is 5.75 Å². The van der Waals surface area contributed by atoms with Gasteiger partial charge < -0.3 is 15.4 Å². The van der Waals surface area contributed by atoms with Crippen LogP contribution in [0, 0.1) is 0 Å². The molecule has 5 heteroatoms. The van der Waals surface area contributed by atoms with Gasteiger partial charge in [0.2, 0.25) is 0 Å². The number of benzene rings is 1. The monoisotopic (exact) mass is 263 g/mol. The molecule has 0 spiro atoms. The number of aromatic nitrogens is 1. The molecule has 1 aromatic heterocycles. The minimum Gasteiger partial charge on any atom is -0.495 e. The fourth-order valence-electron chi connectivity index (χ4n) is 1.79. The molecule has 0 saturated carbocycles. The molecule has 0 aliphatic carbocycles. The highest BCUT2D eigenvalue weighted by Gasteiger charge is 2.09. The second-order valence-corrected chi connectivity index (χ2v) is 4.91. The van der Waals surface area contributed by atoms with Crippen LogP contribution in [-0.2, 0) is 13.1 Å². The molecule has 1 aromatic carbocycles. The highest BCUT2D eigenvalue weighted by atomic mass is 32.1. The minimum absolute atomic E-state index is 0.503. The lowest BCUT2D eigenvalue weighted by atomic mass is 10.2. The predicted molar refractivity (Wildman–Crippen MR) is 75.1 cm³/mol. The van der Waals surface area contributed by atoms with Gasteiger partial charge in [-0.05, 0) is 12.1 Å². The van der Waals surface area contributed by atoms with Crippen molar-refractivity contribution < 1.29 is 4.74 Å². The molecule has 18 heavy (non-hydrogen) atoms. The van der Waals surface area contributed by atoms with Gasteiger partial charge >= 0.3 is 0 Å². The van der Waals surface area contributed by atoms with E-state index in [0.29, 0.717) is 6.54 Å². The Labute approximate surface area is 111 Å². The van der Waals surface area contributed by atoms with E-state index in [2.05, 4.69) is 9.88 Å². The molecule has 96 valence electrons. The van der Waals surface area contributed by atoms with E-state index in [9.17, 15) is 0 Å². The standard InChI is InChI=1S/C13H17N3OS/c1-16(8-10-9-18-13(7-14)15-10)11-5-3-4-6-12(11)17-2/h3-6,9H,7-8,14H2,1-2H3. The lowest BCUT2D eigenvalue weighted by Gasteiger charge is -2.20. The van der Waals surface area contributed by atoms with E-state index in [0.717, 1.165) is 28.7 Å². The van der Waals surface area contributed by atoms with E-state index >= 15 is 0 Å². The van der Waals surface area contributed by atoms with Crippen molar-refractivity contribution in [1.29, 1.82) is 0 Å². The maximum Gasteiger partial charge on any atom is 0.142 e. The van der Waals surface area contributed by atoms with Crippen LogP contribution in [-0.4, -0.2) is 19.1 Å². The second kappa shape index (κ2) is 5.84. The number of rotatable bonds is 5. The van der Waals surface area contributed by atoms with E-state index in [1.54, 1.807) is 18.4 Å². The van der Waals surface area contributed by atoms with Crippen molar-refractivity contribution in [2.45, 2.75) is 13.1 Å². The molecule has 2 N–H and O–H groups in total. The molecule has 2 aromatic rings. The van der Waals surface area contributed by atoms with Crippen molar-refractivity contribution in [3.8, 4) is 5.75 Å². The summed E-state index contributed by atoms with van der Waals surface area (Å²) in [6.45, 7) is 1.25. The van der Waals surface area contributed by atoms with Crippen LogP contribution in [0.15, 0.2) is 29.6 Å². The lowest BCUT2D eigenvalue weighted by molar-refractivity contribution is 0.414. The summed E-state index contributed by atoms with van der Waals surface area (Å²) in [6.07, 6.45) is 0. The van der Waals surface area contributed by atoms with Gasteiger partial charge in [0.25, 0.3) is 0 Å². The van der Waals surface area contributed by atoms with E-state index < -0.39 is 0 Å². The first-order chi connectivity index (χ1) is 8.74. The number of hydrogen-bond donors (Lipinski definition) is 1. The van der Waals surface area contributed by atoms with Gasteiger partial charge in [-0.15, -0.1) is 11.3 Å². The highest BCUT2D eigenvalue weighted by molar-refractivity contribution is 7.09. The Bertz CT molecular complexity index is 512. The van der Waals surface area contributed by atoms with Crippen LogP contribution >= 0.6 is 11.3 Å². The summed E-state index contributed by atoms with van der Waals surface area (Å²) in [7, 11) is 3.71. The van der Waals surface area contributed by atoms with Crippen LogP contribution in [0.2, 0.25) is 0 Å². The van der Waals surface area contributed by atoms with Crippen molar-refractivity contribution in [3.05, 3.63) is 40.3 Å². The molecule has 0 amide bonds. The first kappa shape index (κ1) is 12.9. The smallest absolute Gasteiger partial charge is 0.142 e. The van der Waals surface area contributed by atoms with Crippen LogP contribution in [0.1, 0.15) is 10.7 Å². The number of anilines is 1. The topological polar surface area (TPSA) is 51.4 Å². The third-order valence-electron chi connectivity index (χ3n) is 2.67.